The molecule has 0 atom stereocenters. The van der Waals surface area contributed by atoms with Gasteiger partial charge in [0, 0.05) is 13.1 Å². The van der Waals surface area contributed by atoms with E-state index in [9.17, 15) is 9.90 Å². The molecule has 5 heteroatoms. The molecular weight excluding hydrogens is 280 g/mol. The van der Waals surface area contributed by atoms with Gasteiger partial charge in [-0.05, 0) is 38.3 Å². The lowest BCUT2D eigenvalue weighted by Gasteiger charge is -2.22. The molecule has 1 aromatic carbocycles. The zero-order valence-electron chi connectivity index (χ0n) is 13.2. The fraction of sp³-hybridized carbons (Fsp3) is 0.588. The molecule has 0 spiro atoms. The molecule has 5 nitrogen and oxygen atoms in total. The highest BCUT2D eigenvalue weighted by molar-refractivity contribution is 5.73. The molecule has 0 bridgehead atoms. The number of rotatable bonds is 7. The first-order chi connectivity index (χ1) is 10.6. The van der Waals surface area contributed by atoms with E-state index < -0.39 is 5.60 Å². The van der Waals surface area contributed by atoms with E-state index in [-0.39, 0.29) is 6.03 Å². The Morgan fingerprint density at radius 2 is 1.91 bits per heavy atom. The smallest absolute Gasteiger partial charge is 0.314 e. The first-order valence-corrected chi connectivity index (χ1v) is 8.01. The van der Waals surface area contributed by atoms with Gasteiger partial charge in [0.2, 0.25) is 0 Å². The first-order valence-electron chi connectivity index (χ1n) is 8.01. The third-order valence-electron chi connectivity index (χ3n) is 4.01. The average Bonchev–Trinajstić information content (AvgIpc) is 2.94. The van der Waals surface area contributed by atoms with Gasteiger partial charge in [0.1, 0.15) is 5.75 Å². The maximum Gasteiger partial charge on any atom is 0.314 e. The second kappa shape index (κ2) is 8.03. The van der Waals surface area contributed by atoms with Gasteiger partial charge < -0.3 is 20.5 Å². The number of hydrogen-bond donors (Lipinski definition) is 3. The number of ether oxygens (including phenoxy) is 1. The van der Waals surface area contributed by atoms with Crippen LogP contribution < -0.4 is 15.4 Å². The lowest BCUT2D eigenvalue weighted by Crippen LogP contribution is -2.45. The van der Waals surface area contributed by atoms with Gasteiger partial charge in [0.15, 0.2) is 0 Å². The molecule has 0 radical (unpaired) electrons. The van der Waals surface area contributed by atoms with Crippen LogP contribution >= 0.6 is 0 Å². The summed E-state index contributed by atoms with van der Waals surface area (Å²) in [4.78, 5) is 11.6. The fourth-order valence-corrected chi connectivity index (χ4v) is 2.62. The van der Waals surface area contributed by atoms with Crippen molar-refractivity contribution in [3.05, 3.63) is 29.8 Å². The predicted octanol–water partition coefficient (Wildman–Crippen LogP) is 2.37. The van der Waals surface area contributed by atoms with Gasteiger partial charge in [-0.1, -0.05) is 30.5 Å². The van der Waals surface area contributed by atoms with Crippen LogP contribution in [0.3, 0.4) is 0 Å². The van der Waals surface area contributed by atoms with Crippen molar-refractivity contribution in [1.29, 1.82) is 0 Å². The van der Waals surface area contributed by atoms with Crippen molar-refractivity contribution in [3.63, 3.8) is 0 Å². The van der Waals surface area contributed by atoms with Crippen LogP contribution in [0.4, 0.5) is 4.79 Å². The Morgan fingerprint density at radius 3 is 2.59 bits per heavy atom. The van der Waals surface area contributed by atoms with Crippen LogP contribution in [-0.2, 0) is 0 Å². The Kier molecular flexibility index (Phi) is 6.07. The molecule has 0 aliphatic heterocycles. The predicted molar refractivity (Wildman–Crippen MR) is 86.1 cm³/mol. The van der Waals surface area contributed by atoms with E-state index in [1.165, 1.54) is 5.56 Å². The number of amides is 2. The van der Waals surface area contributed by atoms with Gasteiger partial charge in [0.05, 0.1) is 12.2 Å². The normalized spacial score (nSPS) is 16.3. The highest BCUT2D eigenvalue weighted by atomic mass is 16.5. The number of carbonyl (C=O) groups is 1. The minimum Gasteiger partial charge on any atom is -0.494 e. The fourth-order valence-electron chi connectivity index (χ4n) is 2.62. The van der Waals surface area contributed by atoms with Crippen LogP contribution in [0, 0.1) is 6.92 Å². The average molecular weight is 306 g/mol. The molecule has 0 heterocycles. The van der Waals surface area contributed by atoms with Crippen molar-refractivity contribution >= 4 is 6.03 Å². The number of carbonyl (C=O) groups excluding carboxylic acids is 1. The lowest BCUT2D eigenvalue weighted by atomic mass is 10.0. The van der Waals surface area contributed by atoms with Gasteiger partial charge in [0.25, 0.3) is 0 Å². The molecule has 1 aromatic rings. The Labute approximate surface area is 132 Å². The van der Waals surface area contributed by atoms with E-state index in [1.54, 1.807) is 0 Å². The summed E-state index contributed by atoms with van der Waals surface area (Å²) in [5.41, 5.74) is 0.501. The van der Waals surface area contributed by atoms with Gasteiger partial charge in [-0.2, -0.15) is 0 Å². The van der Waals surface area contributed by atoms with Crippen LogP contribution in [-0.4, -0.2) is 36.4 Å². The summed E-state index contributed by atoms with van der Waals surface area (Å²) < 4.78 is 5.59. The summed E-state index contributed by atoms with van der Waals surface area (Å²) in [6, 6.07) is 7.68. The number of hydrogen-bond acceptors (Lipinski definition) is 3. The molecule has 0 saturated heterocycles. The van der Waals surface area contributed by atoms with Gasteiger partial charge in [-0.3, -0.25) is 0 Å². The van der Waals surface area contributed by atoms with Crippen LogP contribution in [0.2, 0.25) is 0 Å². The minimum atomic E-state index is -0.702. The van der Waals surface area contributed by atoms with Crippen molar-refractivity contribution in [2.75, 3.05) is 19.7 Å². The number of nitrogens with one attached hydrogen (secondary N) is 2. The molecule has 122 valence electrons. The molecule has 1 fully saturated rings. The molecule has 0 aromatic heterocycles. The topological polar surface area (TPSA) is 70.6 Å². The van der Waals surface area contributed by atoms with Crippen molar-refractivity contribution < 1.29 is 14.6 Å². The standard InChI is InChI=1S/C17H26N2O3/c1-14-5-7-15(8-6-14)22-12-4-11-18-16(20)19-13-17(21)9-2-3-10-17/h5-8,21H,2-4,9-13H2,1H3,(H2,18,19,20). The summed E-state index contributed by atoms with van der Waals surface area (Å²) in [6.45, 7) is 3.48. The van der Waals surface area contributed by atoms with Crippen molar-refractivity contribution in [2.45, 2.75) is 44.6 Å². The number of benzene rings is 1. The van der Waals surface area contributed by atoms with E-state index in [0.717, 1.165) is 37.9 Å². The Hall–Kier alpha value is -1.75. The first kappa shape index (κ1) is 16.6. The molecule has 1 aliphatic carbocycles. The van der Waals surface area contributed by atoms with E-state index in [0.29, 0.717) is 19.7 Å². The summed E-state index contributed by atoms with van der Waals surface area (Å²) in [7, 11) is 0. The van der Waals surface area contributed by atoms with Gasteiger partial charge in [-0.15, -0.1) is 0 Å². The van der Waals surface area contributed by atoms with E-state index in [2.05, 4.69) is 10.6 Å². The maximum absolute atomic E-state index is 11.6. The Bertz CT molecular complexity index is 467. The summed E-state index contributed by atoms with van der Waals surface area (Å²) in [5, 5.41) is 15.6. The SMILES string of the molecule is Cc1ccc(OCCCNC(=O)NCC2(O)CCCC2)cc1. The van der Waals surface area contributed by atoms with Gasteiger partial charge in [-0.25, -0.2) is 4.79 Å². The molecule has 1 saturated carbocycles. The molecule has 0 unspecified atom stereocenters. The number of aryl methyl sites for hydroxylation is 1. The molecule has 1 aliphatic rings. The van der Waals surface area contributed by atoms with Crippen LogP contribution in [0.5, 0.6) is 5.75 Å². The largest absolute Gasteiger partial charge is 0.494 e. The second-order valence-electron chi connectivity index (χ2n) is 6.06. The molecule has 22 heavy (non-hydrogen) atoms. The van der Waals surface area contributed by atoms with Crippen LogP contribution in [0.1, 0.15) is 37.7 Å². The molecule has 3 N–H and O–H groups in total. The lowest BCUT2D eigenvalue weighted by molar-refractivity contribution is 0.0501. The summed E-state index contributed by atoms with van der Waals surface area (Å²) in [5.74, 6) is 0.846. The Morgan fingerprint density at radius 1 is 1.23 bits per heavy atom. The zero-order chi connectivity index (χ0) is 15.8. The van der Waals surface area contributed by atoms with Crippen LogP contribution in [0.15, 0.2) is 24.3 Å². The monoisotopic (exact) mass is 306 g/mol. The van der Waals surface area contributed by atoms with Gasteiger partial charge >= 0.3 is 6.03 Å². The van der Waals surface area contributed by atoms with Crippen molar-refractivity contribution in [1.82, 2.24) is 10.6 Å². The van der Waals surface area contributed by atoms with Crippen molar-refractivity contribution in [2.24, 2.45) is 0 Å². The van der Waals surface area contributed by atoms with Crippen LogP contribution in [0.25, 0.3) is 0 Å². The molecular formula is C17H26N2O3. The zero-order valence-corrected chi connectivity index (χ0v) is 13.2. The van der Waals surface area contributed by atoms with E-state index in [1.807, 2.05) is 31.2 Å². The van der Waals surface area contributed by atoms with E-state index >= 15 is 0 Å². The quantitative estimate of drug-likeness (QED) is 0.677. The summed E-state index contributed by atoms with van der Waals surface area (Å²) in [6.07, 6.45) is 4.37. The third-order valence-corrected chi connectivity index (χ3v) is 4.01. The number of aliphatic hydroxyl groups is 1. The molecule has 2 rings (SSSR count). The highest BCUT2D eigenvalue weighted by Gasteiger charge is 2.31. The highest BCUT2D eigenvalue weighted by Crippen LogP contribution is 2.28. The molecule has 2 amide bonds. The van der Waals surface area contributed by atoms with E-state index in [4.69, 9.17) is 4.74 Å². The second-order valence-corrected chi connectivity index (χ2v) is 6.06. The maximum atomic E-state index is 11.6. The Balaban J connectivity index is 1.52. The summed E-state index contributed by atoms with van der Waals surface area (Å²) >= 11 is 0. The number of urea groups is 1. The van der Waals surface area contributed by atoms with Crippen molar-refractivity contribution in [3.8, 4) is 5.75 Å². The third kappa shape index (κ3) is 5.56. The minimum absolute atomic E-state index is 0.226.